The fourth-order valence-corrected chi connectivity index (χ4v) is 2.75. The number of carbonyl (C=O) groups is 1. The molecule has 5 heteroatoms. The van der Waals surface area contributed by atoms with Crippen molar-refractivity contribution in [2.24, 2.45) is 0 Å². The molecular formula is C16H13N3O2. The van der Waals surface area contributed by atoms with Crippen molar-refractivity contribution in [3.8, 4) is 5.69 Å². The van der Waals surface area contributed by atoms with Crippen LogP contribution in [0.2, 0.25) is 0 Å². The quantitative estimate of drug-likeness (QED) is 0.800. The van der Waals surface area contributed by atoms with Gasteiger partial charge in [0.25, 0.3) is 0 Å². The first kappa shape index (κ1) is 12.1. The van der Waals surface area contributed by atoms with Crippen molar-refractivity contribution in [3.63, 3.8) is 0 Å². The number of carboxylic acid groups (broad SMARTS) is 1. The second-order valence-corrected chi connectivity index (χ2v) is 5.31. The van der Waals surface area contributed by atoms with Crippen molar-refractivity contribution in [3.05, 3.63) is 54.1 Å². The van der Waals surface area contributed by atoms with E-state index in [1.165, 1.54) is 6.20 Å². The van der Waals surface area contributed by atoms with Crippen molar-refractivity contribution in [1.82, 2.24) is 14.8 Å². The summed E-state index contributed by atoms with van der Waals surface area (Å²) in [5, 5.41) is 15.7. The molecule has 0 atom stereocenters. The van der Waals surface area contributed by atoms with Crippen LogP contribution in [0, 0.1) is 0 Å². The van der Waals surface area contributed by atoms with E-state index < -0.39 is 5.97 Å². The first-order chi connectivity index (χ1) is 10.3. The summed E-state index contributed by atoms with van der Waals surface area (Å²) in [6.45, 7) is 0. The van der Waals surface area contributed by atoms with E-state index in [9.17, 15) is 9.90 Å². The molecule has 4 rings (SSSR count). The monoisotopic (exact) mass is 279 g/mol. The van der Waals surface area contributed by atoms with Gasteiger partial charge < -0.3 is 5.11 Å². The smallest absolute Gasteiger partial charge is 0.339 e. The van der Waals surface area contributed by atoms with Crippen LogP contribution >= 0.6 is 0 Å². The Balaban J connectivity index is 1.99. The lowest BCUT2D eigenvalue weighted by Gasteiger charge is -2.10. The molecule has 0 radical (unpaired) electrons. The Morgan fingerprint density at radius 1 is 1.24 bits per heavy atom. The Bertz CT molecular complexity index is 844. The van der Waals surface area contributed by atoms with Crippen molar-refractivity contribution >= 4 is 16.7 Å². The van der Waals surface area contributed by atoms with Crippen molar-refractivity contribution < 1.29 is 9.90 Å². The van der Waals surface area contributed by atoms with E-state index in [0.717, 1.165) is 35.0 Å². The van der Waals surface area contributed by atoms with E-state index >= 15 is 0 Å². The fraction of sp³-hybridized carbons (Fsp3) is 0.188. The van der Waals surface area contributed by atoms with Crippen molar-refractivity contribution in [2.75, 3.05) is 0 Å². The summed E-state index contributed by atoms with van der Waals surface area (Å²) in [5.41, 5.74) is 2.03. The molecule has 2 heterocycles. The van der Waals surface area contributed by atoms with E-state index in [2.05, 4.69) is 10.1 Å². The standard InChI is InChI=1S/C16H13N3O2/c20-16(21)13-9-18-19(15(13)10-4-5-10)14-3-1-2-11-8-17-7-6-12(11)14/h1-3,6-10H,4-5H2,(H,20,21). The van der Waals surface area contributed by atoms with Crippen LogP contribution in [0.15, 0.2) is 42.9 Å². The average molecular weight is 279 g/mol. The second-order valence-electron chi connectivity index (χ2n) is 5.31. The highest BCUT2D eigenvalue weighted by Crippen LogP contribution is 2.43. The Morgan fingerprint density at radius 3 is 2.86 bits per heavy atom. The molecular weight excluding hydrogens is 266 g/mol. The zero-order valence-electron chi connectivity index (χ0n) is 11.2. The van der Waals surface area contributed by atoms with Gasteiger partial charge in [-0.05, 0) is 25.0 Å². The maximum Gasteiger partial charge on any atom is 0.339 e. The third-order valence-electron chi connectivity index (χ3n) is 3.89. The maximum atomic E-state index is 11.4. The summed E-state index contributed by atoms with van der Waals surface area (Å²) in [7, 11) is 0. The van der Waals surface area contributed by atoms with E-state index in [1.54, 1.807) is 17.1 Å². The van der Waals surface area contributed by atoms with Gasteiger partial charge in [0.05, 0.1) is 17.6 Å². The van der Waals surface area contributed by atoms with Crippen LogP contribution < -0.4 is 0 Å². The molecule has 0 amide bonds. The first-order valence-electron chi connectivity index (χ1n) is 6.90. The second kappa shape index (κ2) is 4.41. The lowest BCUT2D eigenvalue weighted by Crippen LogP contribution is -2.06. The number of aromatic carboxylic acids is 1. The Morgan fingerprint density at radius 2 is 2.10 bits per heavy atom. The molecule has 104 valence electrons. The predicted molar refractivity (Wildman–Crippen MR) is 77.8 cm³/mol. The van der Waals surface area contributed by atoms with E-state index in [0.29, 0.717) is 11.5 Å². The molecule has 1 saturated carbocycles. The molecule has 5 nitrogen and oxygen atoms in total. The van der Waals surface area contributed by atoms with Gasteiger partial charge in [0.15, 0.2) is 0 Å². The lowest BCUT2D eigenvalue weighted by atomic mass is 10.1. The summed E-state index contributed by atoms with van der Waals surface area (Å²) in [6, 6.07) is 7.83. The number of pyridine rings is 1. The molecule has 3 aromatic rings. The molecule has 0 unspecified atom stereocenters. The SMILES string of the molecule is O=C(O)c1cnn(-c2cccc3cnccc23)c1C1CC1. The minimum atomic E-state index is -0.912. The topological polar surface area (TPSA) is 68.0 Å². The molecule has 1 fully saturated rings. The summed E-state index contributed by atoms with van der Waals surface area (Å²) in [6.07, 6.45) is 7.05. The average Bonchev–Trinajstić information content (AvgIpc) is 3.25. The highest BCUT2D eigenvalue weighted by atomic mass is 16.4. The minimum absolute atomic E-state index is 0.302. The van der Waals surface area contributed by atoms with Crippen LogP contribution in [0.5, 0.6) is 0 Å². The number of hydrogen-bond acceptors (Lipinski definition) is 3. The first-order valence-corrected chi connectivity index (χ1v) is 6.90. The summed E-state index contributed by atoms with van der Waals surface area (Å²) < 4.78 is 1.78. The lowest BCUT2D eigenvalue weighted by molar-refractivity contribution is 0.0695. The maximum absolute atomic E-state index is 11.4. The molecule has 1 N–H and O–H groups in total. The molecule has 1 aliphatic rings. The molecule has 0 saturated heterocycles. The van der Waals surface area contributed by atoms with Gasteiger partial charge in [-0.15, -0.1) is 0 Å². The number of aromatic nitrogens is 3. The third-order valence-corrected chi connectivity index (χ3v) is 3.89. The van der Waals surface area contributed by atoms with Crippen LogP contribution in [0.1, 0.15) is 34.8 Å². The van der Waals surface area contributed by atoms with Crippen LogP contribution in [-0.2, 0) is 0 Å². The number of benzene rings is 1. The van der Waals surface area contributed by atoms with Crippen molar-refractivity contribution in [1.29, 1.82) is 0 Å². The Kier molecular flexibility index (Phi) is 2.54. The van der Waals surface area contributed by atoms with Gasteiger partial charge in [-0.2, -0.15) is 5.10 Å². The predicted octanol–water partition coefficient (Wildman–Crippen LogP) is 3.00. The minimum Gasteiger partial charge on any atom is -0.478 e. The number of nitrogens with zero attached hydrogens (tertiary/aromatic N) is 3. The van der Waals surface area contributed by atoms with E-state index in [-0.39, 0.29) is 0 Å². The van der Waals surface area contributed by atoms with Crippen molar-refractivity contribution in [2.45, 2.75) is 18.8 Å². The molecule has 0 spiro atoms. The van der Waals surface area contributed by atoms with Gasteiger partial charge in [-0.1, -0.05) is 12.1 Å². The molecule has 2 aromatic heterocycles. The summed E-state index contributed by atoms with van der Waals surface area (Å²) in [4.78, 5) is 15.5. The molecule has 1 aliphatic carbocycles. The van der Waals surface area contributed by atoms with Gasteiger partial charge in [0.1, 0.15) is 5.56 Å². The normalized spacial score (nSPS) is 14.5. The largest absolute Gasteiger partial charge is 0.478 e. The van der Waals surface area contributed by atoms with Crippen LogP contribution in [0.3, 0.4) is 0 Å². The summed E-state index contributed by atoms with van der Waals surface area (Å²) in [5.74, 6) is -0.610. The fourth-order valence-electron chi connectivity index (χ4n) is 2.75. The number of fused-ring (bicyclic) bond motifs is 1. The third kappa shape index (κ3) is 1.89. The highest BCUT2D eigenvalue weighted by Gasteiger charge is 2.33. The van der Waals surface area contributed by atoms with Gasteiger partial charge in [0, 0.05) is 29.1 Å². The van der Waals surface area contributed by atoms with Gasteiger partial charge in [-0.25, -0.2) is 9.48 Å². The number of rotatable bonds is 3. The Hall–Kier alpha value is -2.69. The van der Waals surface area contributed by atoms with Gasteiger partial charge in [-0.3, -0.25) is 4.98 Å². The number of hydrogen-bond donors (Lipinski definition) is 1. The molecule has 0 bridgehead atoms. The van der Waals surface area contributed by atoms with Gasteiger partial charge in [0.2, 0.25) is 0 Å². The highest BCUT2D eigenvalue weighted by molar-refractivity contribution is 5.92. The van der Waals surface area contributed by atoms with Crippen LogP contribution in [0.4, 0.5) is 0 Å². The van der Waals surface area contributed by atoms with E-state index in [4.69, 9.17) is 0 Å². The zero-order chi connectivity index (χ0) is 14.4. The molecule has 0 aliphatic heterocycles. The van der Waals surface area contributed by atoms with Crippen LogP contribution in [-0.4, -0.2) is 25.8 Å². The zero-order valence-corrected chi connectivity index (χ0v) is 11.2. The van der Waals surface area contributed by atoms with Gasteiger partial charge >= 0.3 is 5.97 Å². The van der Waals surface area contributed by atoms with E-state index in [1.807, 2.05) is 24.3 Å². The molecule has 1 aromatic carbocycles. The Labute approximate surface area is 120 Å². The molecule has 21 heavy (non-hydrogen) atoms. The van der Waals surface area contributed by atoms with Crippen LogP contribution in [0.25, 0.3) is 16.5 Å². The number of carboxylic acids is 1. The summed E-state index contributed by atoms with van der Waals surface area (Å²) >= 11 is 0.